The summed E-state index contributed by atoms with van der Waals surface area (Å²) in [7, 11) is 0. The fourth-order valence-electron chi connectivity index (χ4n) is 1.27. The smallest absolute Gasteiger partial charge is 0.269 e. The van der Waals surface area contributed by atoms with Crippen LogP contribution in [0.4, 0.5) is 5.69 Å². The minimum Gasteiger partial charge on any atom is -0.508 e. The molecule has 0 aromatic heterocycles. The first-order valence-corrected chi connectivity index (χ1v) is 4.72. The van der Waals surface area contributed by atoms with Crippen molar-refractivity contribution in [1.82, 2.24) is 0 Å². The molecule has 1 aromatic rings. The van der Waals surface area contributed by atoms with Crippen molar-refractivity contribution in [2.45, 2.75) is 25.8 Å². The van der Waals surface area contributed by atoms with Crippen LogP contribution in [0.3, 0.4) is 0 Å². The van der Waals surface area contributed by atoms with Gasteiger partial charge in [-0.1, -0.05) is 0 Å². The van der Waals surface area contributed by atoms with E-state index in [1.165, 1.54) is 18.2 Å². The highest BCUT2D eigenvalue weighted by Crippen LogP contribution is 2.24. The van der Waals surface area contributed by atoms with Gasteiger partial charge in [0.2, 0.25) is 0 Å². The zero-order valence-corrected chi connectivity index (χ0v) is 8.51. The molecule has 0 fully saturated rings. The largest absolute Gasteiger partial charge is 0.508 e. The Morgan fingerprint density at radius 1 is 1.60 bits per heavy atom. The standard InChI is InChI=1S/C10H14N2O3/c1-7(11)2-3-8-6-9(12(14)15)4-5-10(8)13/h4-7,13H,2-3,11H2,1H3/t7-/m0/s1. The van der Waals surface area contributed by atoms with Crippen molar-refractivity contribution in [2.24, 2.45) is 5.73 Å². The summed E-state index contributed by atoms with van der Waals surface area (Å²) in [5.74, 6) is 0.0845. The number of rotatable bonds is 4. The summed E-state index contributed by atoms with van der Waals surface area (Å²) in [6.07, 6.45) is 1.24. The second-order valence-corrected chi connectivity index (χ2v) is 3.59. The number of nitrogens with zero attached hydrogens (tertiary/aromatic N) is 1. The van der Waals surface area contributed by atoms with Crippen molar-refractivity contribution in [2.75, 3.05) is 0 Å². The second kappa shape index (κ2) is 4.75. The molecule has 0 aliphatic heterocycles. The van der Waals surface area contributed by atoms with Crippen LogP contribution in [0.25, 0.3) is 0 Å². The number of aromatic hydroxyl groups is 1. The summed E-state index contributed by atoms with van der Waals surface area (Å²) in [6.45, 7) is 1.86. The predicted molar refractivity (Wildman–Crippen MR) is 56.7 cm³/mol. The molecule has 1 rings (SSSR count). The number of aryl methyl sites for hydroxylation is 1. The van der Waals surface area contributed by atoms with E-state index < -0.39 is 4.92 Å². The number of benzene rings is 1. The van der Waals surface area contributed by atoms with Gasteiger partial charge >= 0.3 is 0 Å². The average Bonchev–Trinajstić information content (AvgIpc) is 2.16. The summed E-state index contributed by atoms with van der Waals surface area (Å²) in [5.41, 5.74) is 6.14. The summed E-state index contributed by atoms with van der Waals surface area (Å²) in [4.78, 5) is 10.0. The highest BCUT2D eigenvalue weighted by molar-refractivity contribution is 5.43. The van der Waals surface area contributed by atoms with Crippen LogP contribution in [0.2, 0.25) is 0 Å². The second-order valence-electron chi connectivity index (χ2n) is 3.59. The van der Waals surface area contributed by atoms with Gasteiger partial charge in [-0.3, -0.25) is 10.1 Å². The van der Waals surface area contributed by atoms with E-state index in [1.807, 2.05) is 6.92 Å². The molecule has 5 heteroatoms. The number of phenols is 1. The summed E-state index contributed by atoms with van der Waals surface area (Å²) < 4.78 is 0. The van der Waals surface area contributed by atoms with E-state index in [1.54, 1.807) is 0 Å². The van der Waals surface area contributed by atoms with Crippen LogP contribution < -0.4 is 5.73 Å². The third-order valence-corrected chi connectivity index (χ3v) is 2.14. The molecule has 0 spiro atoms. The molecule has 1 atom stereocenters. The van der Waals surface area contributed by atoms with Gasteiger partial charge in [0.05, 0.1) is 4.92 Å². The lowest BCUT2D eigenvalue weighted by atomic mass is 10.1. The van der Waals surface area contributed by atoms with Gasteiger partial charge in [0.25, 0.3) is 5.69 Å². The van der Waals surface area contributed by atoms with Crippen molar-refractivity contribution >= 4 is 5.69 Å². The van der Waals surface area contributed by atoms with Gasteiger partial charge in [-0.05, 0) is 25.8 Å². The van der Waals surface area contributed by atoms with E-state index in [0.717, 1.165) is 0 Å². The first-order chi connectivity index (χ1) is 7.00. The molecule has 0 aliphatic rings. The lowest BCUT2D eigenvalue weighted by molar-refractivity contribution is -0.384. The molecular weight excluding hydrogens is 196 g/mol. The Balaban J connectivity index is 2.85. The van der Waals surface area contributed by atoms with Gasteiger partial charge < -0.3 is 10.8 Å². The normalized spacial score (nSPS) is 12.4. The maximum Gasteiger partial charge on any atom is 0.269 e. The molecule has 3 N–H and O–H groups in total. The van der Waals surface area contributed by atoms with E-state index in [4.69, 9.17) is 5.73 Å². The monoisotopic (exact) mass is 210 g/mol. The molecular formula is C10H14N2O3. The number of hydrogen-bond donors (Lipinski definition) is 2. The number of non-ortho nitro benzene ring substituents is 1. The highest BCUT2D eigenvalue weighted by atomic mass is 16.6. The molecule has 82 valence electrons. The maximum atomic E-state index is 10.5. The third-order valence-electron chi connectivity index (χ3n) is 2.14. The van der Waals surface area contributed by atoms with Gasteiger partial charge in [-0.15, -0.1) is 0 Å². The molecule has 0 bridgehead atoms. The predicted octanol–water partition coefficient (Wildman–Crippen LogP) is 1.58. The Labute approximate surface area is 87.7 Å². The van der Waals surface area contributed by atoms with Gasteiger partial charge in [-0.25, -0.2) is 0 Å². The quantitative estimate of drug-likeness (QED) is 0.583. The SMILES string of the molecule is C[C@H](N)CCc1cc([N+](=O)[O-])ccc1O. The minimum absolute atomic E-state index is 0.00697. The van der Waals surface area contributed by atoms with Gasteiger partial charge in [0, 0.05) is 23.7 Å². The third kappa shape index (κ3) is 3.21. The molecule has 5 nitrogen and oxygen atoms in total. The van der Waals surface area contributed by atoms with Crippen LogP contribution in [0.15, 0.2) is 18.2 Å². The molecule has 0 unspecified atom stereocenters. The van der Waals surface area contributed by atoms with Crippen LogP contribution in [0.1, 0.15) is 18.9 Å². The first-order valence-electron chi connectivity index (χ1n) is 4.72. The van der Waals surface area contributed by atoms with Crippen LogP contribution in [-0.2, 0) is 6.42 Å². The van der Waals surface area contributed by atoms with E-state index in [-0.39, 0.29) is 17.5 Å². The molecule has 0 aliphatic carbocycles. The average molecular weight is 210 g/mol. The molecule has 0 saturated heterocycles. The van der Waals surface area contributed by atoms with E-state index in [9.17, 15) is 15.2 Å². The van der Waals surface area contributed by atoms with Crippen molar-refractivity contribution in [3.05, 3.63) is 33.9 Å². The fourth-order valence-corrected chi connectivity index (χ4v) is 1.27. The number of phenolic OH excluding ortho intramolecular Hbond substituents is 1. The molecule has 1 aromatic carbocycles. The lowest BCUT2D eigenvalue weighted by Crippen LogP contribution is -2.15. The van der Waals surface area contributed by atoms with Crippen molar-refractivity contribution in [1.29, 1.82) is 0 Å². The van der Waals surface area contributed by atoms with E-state index in [2.05, 4.69) is 0 Å². The Kier molecular flexibility index (Phi) is 3.62. The molecule has 0 saturated carbocycles. The molecule has 0 amide bonds. The van der Waals surface area contributed by atoms with Crippen LogP contribution in [-0.4, -0.2) is 16.1 Å². The lowest BCUT2D eigenvalue weighted by Gasteiger charge is -2.06. The number of nitro groups is 1. The number of nitro benzene ring substituents is 1. The Morgan fingerprint density at radius 2 is 2.27 bits per heavy atom. The number of nitrogens with two attached hydrogens (primary N) is 1. The van der Waals surface area contributed by atoms with Crippen LogP contribution >= 0.6 is 0 Å². The summed E-state index contributed by atoms with van der Waals surface area (Å²) in [5, 5.41) is 20.0. The number of hydrogen-bond acceptors (Lipinski definition) is 4. The van der Waals surface area contributed by atoms with Gasteiger partial charge in [0.1, 0.15) is 5.75 Å². The topological polar surface area (TPSA) is 89.4 Å². The van der Waals surface area contributed by atoms with Crippen LogP contribution in [0.5, 0.6) is 5.75 Å². The minimum atomic E-state index is -0.477. The van der Waals surface area contributed by atoms with Gasteiger partial charge in [0.15, 0.2) is 0 Å². The van der Waals surface area contributed by atoms with Crippen LogP contribution in [0, 0.1) is 10.1 Å². The molecule has 15 heavy (non-hydrogen) atoms. The van der Waals surface area contributed by atoms with E-state index in [0.29, 0.717) is 18.4 Å². The van der Waals surface area contributed by atoms with Crippen molar-refractivity contribution < 1.29 is 10.0 Å². The summed E-state index contributed by atoms with van der Waals surface area (Å²) >= 11 is 0. The zero-order valence-electron chi connectivity index (χ0n) is 8.51. The van der Waals surface area contributed by atoms with Crippen molar-refractivity contribution in [3.63, 3.8) is 0 Å². The molecule has 0 heterocycles. The Morgan fingerprint density at radius 3 is 2.80 bits per heavy atom. The van der Waals surface area contributed by atoms with E-state index >= 15 is 0 Å². The summed E-state index contributed by atoms with van der Waals surface area (Å²) in [6, 6.07) is 4.03. The maximum absolute atomic E-state index is 10.5. The Bertz CT molecular complexity index is 364. The first kappa shape index (κ1) is 11.5. The van der Waals surface area contributed by atoms with Crippen molar-refractivity contribution in [3.8, 4) is 5.75 Å². The Hall–Kier alpha value is -1.62. The zero-order chi connectivity index (χ0) is 11.4. The van der Waals surface area contributed by atoms with Gasteiger partial charge in [-0.2, -0.15) is 0 Å². The molecule has 0 radical (unpaired) electrons. The highest BCUT2D eigenvalue weighted by Gasteiger charge is 2.10. The fraction of sp³-hybridized carbons (Fsp3) is 0.400.